The summed E-state index contributed by atoms with van der Waals surface area (Å²) < 4.78 is 15.9. The van der Waals surface area contributed by atoms with Crippen LogP contribution in [0.2, 0.25) is 0 Å². The Labute approximate surface area is 154 Å². The van der Waals surface area contributed by atoms with E-state index in [1.54, 1.807) is 41.5 Å². The second-order valence-electron chi connectivity index (χ2n) is 8.14. The van der Waals surface area contributed by atoms with Gasteiger partial charge in [0.05, 0.1) is 19.3 Å². The molecular weight excluding hydrogens is 344 g/mol. The zero-order chi connectivity index (χ0) is 20.1. The summed E-state index contributed by atoms with van der Waals surface area (Å²) in [6.45, 7) is 11.0. The van der Waals surface area contributed by atoms with E-state index in [1.807, 2.05) is 0 Å². The summed E-state index contributed by atoms with van der Waals surface area (Å²) in [7, 11) is 0. The van der Waals surface area contributed by atoms with Crippen molar-refractivity contribution >= 4 is 18.2 Å². The number of carboxylic acids is 1. The quantitative estimate of drug-likeness (QED) is 0.707. The van der Waals surface area contributed by atoms with Crippen LogP contribution in [0, 0.1) is 0 Å². The van der Waals surface area contributed by atoms with E-state index in [2.05, 4.69) is 5.32 Å². The molecule has 1 aliphatic rings. The molecule has 2 N–H and O–H groups in total. The summed E-state index contributed by atoms with van der Waals surface area (Å²) in [5.41, 5.74) is -1.30. The second kappa shape index (κ2) is 8.57. The van der Waals surface area contributed by atoms with E-state index in [0.717, 1.165) is 0 Å². The van der Waals surface area contributed by atoms with Gasteiger partial charge in [0.25, 0.3) is 0 Å². The molecule has 1 heterocycles. The lowest BCUT2D eigenvalue weighted by Crippen LogP contribution is -2.43. The van der Waals surface area contributed by atoms with Crippen LogP contribution in [0.1, 0.15) is 48.0 Å². The van der Waals surface area contributed by atoms with Crippen molar-refractivity contribution in [3.05, 3.63) is 0 Å². The van der Waals surface area contributed by atoms with Crippen molar-refractivity contribution in [3.8, 4) is 0 Å². The molecule has 0 aliphatic carbocycles. The van der Waals surface area contributed by atoms with Crippen LogP contribution in [-0.4, -0.2) is 71.2 Å². The smallest absolute Gasteiger partial charge is 0.411 e. The highest BCUT2D eigenvalue weighted by molar-refractivity contribution is 5.81. The molecule has 9 heteroatoms. The standard InChI is InChI=1S/C17H30N2O7/c1-16(2,3)25-14(22)18-7-8-24-11-9-12(13(20)21)19(10-11)15(23)26-17(4,5)6/h11-12H,7-10H2,1-6H3,(H,18,22)(H,20,21)/t11-,12+/m1/s1. The maximum atomic E-state index is 12.2. The Balaban J connectivity index is 2.46. The first-order valence-electron chi connectivity index (χ1n) is 8.59. The zero-order valence-electron chi connectivity index (χ0n) is 16.3. The Bertz CT molecular complexity index is 522. The van der Waals surface area contributed by atoms with Gasteiger partial charge in [-0.05, 0) is 41.5 Å². The van der Waals surface area contributed by atoms with Crippen LogP contribution in [0.5, 0.6) is 0 Å². The third-order valence-corrected chi connectivity index (χ3v) is 3.30. The molecule has 26 heavy (non-hydrogen) atoms. The number of alkyl carbamates (subject to hydrolysis) is 1. The van der Waals surface area contributed by atoms with Crippen LogP contribution in [0.4, 0.5) is 9.59 Å². The average Bonchev–Trinajstić information content (AvgIpc) is 2.84. The Morgan fingerprint density at radius 3 is 2.15 bits per heavy atom. The number of ether oxygens (including phenoxy) is 3. The zero-order valence-corrected chi connectivity index (χ0v) is 16.3. The molecule has 0 radical (unpaired) electrons. The number of aliphatic carboxylic acids is 1. The Hall–Kier alpha value is -2.03. The van der Waals surface area contributed by atoms with Gasteiger partial charge in [-0.1, -0.05) is 0 Å². The van der Waals surface area contributed by atoms with E-state index in [4.69, 9.17) is 14.2 Å². The first kappa shape index (κ1) is 22.0. The third-order valence-electron chi connectivity index (χ3n) is 3.30. The van der Waals surface area contributed by atoms with Crippen molar-refractivity contribution in [1.29, 1.82) is 0 Å². The number of carbonyl (C=O) groups is 3. The van der Waals surface area contributed by atoms with Gasteiger partial charge >= 0.3 is 18.2 Å². The van der Waals surface area contributed by atoms with Gasteiger partial charge in [0.1, 0.15) is 17.2 Å². The van der Waals surface area contributed by atoms with Crippen LogP contribution in [-0.2, 0) is 19.0 Å². The van der Waals surface area contributed by atoms with Crippen LogP contribution < -0.4 is 5.32 Å². The number of nitrogens with one attached hydrogen (secondary N) is 1. The summed E-state index contributed by atoms with van der Waals surface area (Å²) >= 11 is 0. The number of hydrogen-bond donors (Lipinski definition) is 2. The predicted molar refractivity (Wildman–Crippen MR) is 93.0 cm³/mol. The van der Waals surface area contributed by atoms with Crippen molar-refractivity contribution in [1.82, 2.24) is 10.2 Å². The molecule has 1 fully saturated rings. The van der Waals surface area contributed by atoms with Crippen molar-refractivity contribution in [2.24, 2.45) is 0 Å². The van der Waals surface area contributed by atoms with Crippen molar-refractivity contribution in [2.75, 3.05) is 19.7 Å². The van der Waals surface area contributed by atoms with Crippen LogP contribution in [0.3, 0.4) is 0 Å². The fourth-order valence-corrected chi connectivity index (χ4v) is 2.37. The van der Waals surface area contributed by atoms with Gasteiger partial charge in [0.15, 0.2) is 0 Å². The fourth-order valence-electron chi connectivity index (χ4n) is 2.37. The van der Waals surface area contributed by atoms with E-state index in [0.29, 0.717) is 0 Å². The van der Waals surface area contributed by atoms with Gasteiger partial charge in [-0.25, -0.2) is 14.4 Å². The maximum absolute atomic E-state index is 12.2. The minimum absolute atomic E-state index is 0.123. The van der Waals surface area contributed by atoms with E-state index in [-0.39, 0.29) is 26.1 Å². The molecule has 2 amide bonds. The maximum Gasteiger partial charge on any atom is 0.411 e. The van der Waals surface area contributed by atoms with Gasteiger partial charge in [0, 0.05) is 13.0 Å². The number of likely N-dealkylation sites (tertiary alicyclic amines) is 1. The molecule has 2 atom stereocenters. The first-order valence-corrected chi connectivity index (χ1v) is 8.59. The van der Waals surface area contributed by atoms with Crippen LogP contribution in [0.25, 0.3) is 0 Å². The number of carbonyl (C=O) groups excluding carboxylic acids is 2. The molecule has 1 rings (SSSR count). The van der Waals surface area contributed by atoms with Crippen LogP contribution in [0.15, 0.2) is 0 Å². The lowest BCUT2D eigenvalue weighted by molar-refractivity contribution is -0.142. The molecule has 1 saturated heterocycles. The first-order chi connectivity index (χ1) is 11.8. The van der Waals surface area contributed by atoms with Crippen molar-refractivity contribution in [3.63, 3.8) is 0 Å². The van der Waals surface area contributed by atoms with Crippen molar-refractivity contribution < 1.29 is 33.7 Å². The lowest BCUT2D eigenvalue weighted by atomic mass is 10.2. The number of hydrogen-bond acceptors (Lipinski definition) is 6. The molecule has 0 saturated carbocycles. The minimum Gasteiger partial charge on any atom is -0.480 e. The summed E-state index contributed by atoms with van der Waals surface area (Å²) in [6, 6.07) is -0.992. The summed E-state index contributed by atoms with van der Waals surface area (Å²) in [5.74, 6) is -1.10. The van der Waals surface area contributed by atoms with Crippen molar-refractivity contribution in [2.45, 2.75) is 71.3 Å². The van der Waals surface area contributed by atoms with E-state index in [9.17, 15) is 19.5 Å². The van der Waals surface area contributed by atoms with E-state index >= 15 is 0 Å². The molecule has 0 unspecified atom stereocenters. The highest BCUT2D eigenvalue weighted by Crippen LogP contribution is 2.23. The number of amides is 2. The van der Waals surface area contributed by atoms with Gasteiger partial charge < -0.3 is 24.6 Å². The van der Waals surface area contributed by atoms with Gasteiger partial charge in [-0.2, -0.15) is 0 Å². The number of carboxylic acid groups (broad SMARTS) is 1. The third kappa shape index (κ3) is 7.90. The number of rotatable bonds is 5. The normalized spacial score (nSPS) is 20.6. The van der Waals surface area contributed by atoms with Gasteiger partial charge in [-0.15, -0.1) is 0 Å². The van der Waals surface area contributed by atoms with E-state index in [1.165, 1.54) is 4.90 Å². The monoisotopic (exact) mass is 374 g/mol. The lowest BCUT2D eigenvalue weighted by Gasteiger charge is -2.26. The Kier molecular flexibility index (Phi) is 7.25. The van der Waals surface area contributed by atoms with Gasteiger partial charge in [0.2, 0.25) is 0 Å². The fraction of sp³-hybridized carbons (Fsp3) is 0.824. The topological polar surface area (TPSA) is 114 Å². The second-order valence-corrected chi connectivity index (χ2v) is 8.14. The van der Waals surface area contributed by atoms with Gasteiger partial charge in [-0.3, -0.25) is 4.90 Å². The average molecular weight is 374 g/mol. The molecule has 150 valence electrons. The number of nitrogens with zero attached hydrogens (tertiary/aromatic N) is 1. The molecule has 0 aromatic rings. The molecule has 9 nitrogen and oxygen atoms in total. The Morgan fingerprint density at radius 2 is 1.65 bits per heavy atom. The molecule has 0 aromatic heterocycles. The molecule has 0 bridgehead atoms. The SMILES string of the molecule is CC(C)(C)OC(=O)NCCO[C@@H]1C[C@@H](C(=O)O)N(C(=O)OC(C)(C)C)C1. The predicted octanol–water partition coefficient (Wildman–Crippen LogP) is 1.99. The van der Waals surface area contributed by atoms with E-state index < -0.39 is 41.5 Å². The summed E-state index contributed by atoms with van der Waals surface area (Å²) in [6.07, 6.45) is -1.50. The highest BCUT2D eigenvalue weighted by atomic mass is 16.6. The largest absolute Gasteiger partial charge is 0.480 e. The highest BCUT2D eigenvalue weighted by Gasteiger charge is 2.42. The summed E-state index contributed by atoms with van der Waals surface area (Å²) in [5, 5.41) is 11.9. The molecule has 1 aliphatic heterocycles. The van der Waals surface area contributed by atoms with Crippen LogP contribution >= 0.6 is 0 Å². The molecule has 0 aromatic carbocycles. The minimum atomic E-state index is -1.10. The summed E-state index contributed by atoms with van der Waals surface area (Å²) in [4.78, 5) is 36.3. The molecular formula is C17H30N2O7. The molecule has 0 spiro atoms. The Morgan fingerprint density at radius 1 is 1.08 bits per heavy atom.